The average molecular weight is 237 g/mol. The Labute approximate surface area is 102 Å². The first-order chi connectivity index (χ1) is 8.31. The first kappa shape index (κ1) is 13.7. The van der Waals surface area contributed by atoms with Gasteiger partial charge in [-0.15, -0.1) is 0 Å². The third-order valence-electron chi connectivity index (χ3n) is 2.37. The summed E-state index contributed by atoms with van der Waals surface area (Å²) in [5.41, 5.74) is 0. The van der Waals surface area contributed by atoms with Gasteiger partial charge >= 0.3 is 0 Å². The lowest BCUT2D eigenvalue weighted by atomic mass is 10.2. The molecule has 0 radical (unpaired) electrons. The number of unbranched alkanes of at least 4 members (excludes halogenated alkanes) is 1. The Morgan fingerprint density at radius 3 is 2.94 bits per heavy atom. The number of ether oxygens (including phenoxy) is 1. The summed E-state index contributed by atoms with van der Waals surface area (Å²) in [5.74, 6) is 1.22. The molecule has 5 nitrogen and oxygen atoms in total. The maximum atomic E-state index is 8.44. The summed E-state index contributed by atoms with van der Waals surface area (Å²) in [6, 6.07) is 2.09. The molecule has 1 aromatic rings. The number of hydrogen-bond acceptors (Lipinski definition) is 5. The van der Waals surface area contributed by atoms with Gasteiger partial charge in [-0.2, -0.15) is 10.2 Å². The second-order valence-corrected chi connectivity index (χ2v) is 3.79. The molecule has 94 valence electrons. The van der Waals surface area contributed by atoms with Crippen molar-refractivity contribution in [2.24, 2.45) is 0 Å². The lowest BCUT2D eigenvalue weighted by Gasteiger charge is -2.11. The Kier molecular flexibility index (Phi) is 6.26. The van der Waals surface area contributed by atoms with Crippen molar-refractivity contribution >= 4 is 0 Å². The summed E-state index contributed by atoms with van der Waals surface area (Å²) in [4.78, 5) is 4.31. The van der Waals surface area contributed by atoms with Gasteiger partial charge in [0.25, 0.3) is 0 Å². The van der Waals surface area contributed by atoms with E-state index >= 15 is 0 Å². The van der Waals surface area contributed by atoms with Crippen LogP contribution in [0.3, 0.4) is 0 Å². The van der Waals surface area contributed by atoms with Crippen LogP contribution in [-0.4, -0.2) is 16.7 Å². The molecule has 0 N–H and O–H groups in total. The van der Waals surface area contributed by atoms with Crippen molar-refractivity contribution < 1.29 is 9.26 Å². The van der Waals surface area contributed by atoms with E-state index in [1.165, 1.54) is 0 Å². The van der Waals surface area contributed by atoms with Crippen molar-refractivity contribution in [1.82, 2.24) is 10.1 Å². The van der Waals surface area contributed by atoms with Crippen molar-refractivity contribution in [2.45, 2.75) is 52.1 Å². The molecule has 0 saturated heterocycles. The largest absolute Gasteiger partial charge is 0.370 e. The highest BCUT2D eigenvalue weighted by Crippen LogP contribution is 2.20. The van der Waals surface area contributed by atoms with Gasteiger partial charge in [-0.05, 0) is 19.8 Å². The molecule has 1 heterocycles. The van der Waals surface area contributed by atoms with E-state index in [1.54, 1.807) is 0 Å². The Balaban J connectivity index is 2.55. The highest BCUT2D eigenvalue weighted by Gasteiger charge is 2.17. The van der Waals surface area contributed by atoms with E-state index in [0.29, 0.717) is 31.2 Å². The minimum atomic E-state index is -0.0709. The van der Waals surface area contributed by atoms with Crippen molar-refractivity contribution in [3.05, 3.63) is 11.7 Å². The van der Waals surface area contributed by atoms with Crippen molar-refractivity contribution in [3.63, 3.8) is 0 Å². The number of aromatic nitrogens is 2. The average Bonchev–Trinajstić information content (AvgIpc) is 2.78. The summed E-state index contributed by atoms with van der Waals surface area (Å²) in [5, 5.41) is 12.4. The van der Waals surface area contributed by atoms with Gasteiger partial charge in [0, 0.05) is 19.4 Å². The van der Waals surface area contributed by atoms with Crippen LogP contribution in [0, 0.1) is 11.3 Å². The lowest BCUT2D eigenvalue weighted by molar-refractivity contribution is 0.0478. The predicted octanol–water partition coefficient (Wildman–Crippen LogP) is 2.79. The molecule has 0 aliphatic heterocycles. The second-order valence-electron chi connectivity index (χ2n) is 3.79. The maximum absolute atomic E-state index is 8.44. The highest BCUT2D eigenvalue weighted by atomic mass is 16.5. The van der Waals surface area contributed by atoms with Gasteiger partial charge in [0.1, 0.15) is 6.10 Å². The van der Waals surface area contributed by atoms with Gasteiger partial charge in [0.2, 0.25) is 11.7 Å². The van der Waals surface area contributed by atoms with Gasteiger partial charge in [-0.25, -0.2) is 0 Å². The molecule has 0 amide bonds. The smallest absolute Gasteiger partial charge is 0.226 e. The molecular weight excluding hydrogens is 218 g/mol. The standard InChI is InChI=1S/C12H19N3O2/c1-3-7-10(16-4-2)12-14-11(17-15-12)8-5-6-9-13/h10H,3-8H2,1-2H3. The third kappa shape index (κ3) is 4.53. The third-order valence-corrected chi connectivity index (χ3v) is 2.37. The van der Waals surface area contributed by atoms with E-state index in [1.807, 2.05) is 6.92 Å². The van der Waals surface area contributed by atoms with Crippen molar-refractivity contribution in [3.8, 4) is 6.07 Å². The first-order valence-corrected chi connectivity index (χ1v) is 6.12. The monoisotopic (exact) mass is 237 g/mol. The van der Waals surface area contributed by atoms with Gasteiger partial charge in [-0.3, -0.25) is 0 Å². The number of nitrogens with zero attached hydrogens (tertiary/aromatic N) is 3. The van der Waals surface area contributed by atoms with Crippen LogP contribution >= 0.6 is 0 Å². The molecular formula is C12H19N3O2. The number of hydrogen-bond donors (Lipinski definition) is 0. The number of nitriles is 1. The van der Waals surface area contributed by atoms with E-state index in [-0.39, 0.29) is 6.10 Å². The molecule has 0 aliphatic carbocycles. The van der Waals surface area contributed by atoms with Crippen LogP contribution < -0.4 is 0 Å². The molecule has 1 atom stereocenters. The molecule has 0 aliphatic rings. The van der Waals surface area contributed by atoms with Crippen LogP contribution in [0.1, 0.15) is 57.3 Å². The molecule has 1 unspecified atom stereocenters. The SMILES string of the molecule is CCCC(OCC)c1noc(CCCC#N)n1. The van der Waals surface area contributed by atoms with Crippen molar-refractivity contribution in [1.29, 1.82) is 5.26 Å². The molecule has 0 fully saturated rings. The zero-order valence-electron chi connectivity index (χ0n) is 10.5. The summed E-state index contributed by atoms with van der Waals surface area (Å²) >= 11 is 0. The normalized spacial score (nSPS) is 12.3. The van der Waals surface area contributed by atoms with E-state index in [4.69, 9.17) is 14.5 Å². The molecule has 0 saturated carbocycles. The Morgan fingerprint density at radius 1 is 1.47 bits per heavy atom. The predicted molar refractivity (Wildman–Crippen MR) is 62.1 cm³/mol. The molecule has 0 aromatic carbocycles. The summed E-state index contributed by atoms with van der Waals surface area (Å²) in [6.07, 6.45) is 3.77. The van der Waals surface area contributed by atoms with Crippen LogP contribution in [0.5, 0.6) is 0 Å². The second kappa shape index (κ2) is 7.80. The zero-order chi connectivity index (χ0) is 12.5. The molecule has 0 bridgehead atoms. The maximum Gasteiger partial charge on any atom is 0.226 e. The molecule has 1 aromatic heterocycles. The van der Waals surface area contributed by atoms with Gasteiger partial charge in [-0.1, -0.05) is 18.5 Å². The molecule has 5 heteroatoms. The van der Waals surface area contributed by atoms with Gasteiger partial charge < -0.3 is 9.26 Å². The van der Waals surface area contributed by atoms with E-state index in [2.05, 4.69) is 23.1 Å². The topological polar surface area (TPSA) is 71.9 Å². The fraction of sp³-hybridized carbons (Fsp3) is 0.750. The van der Waals surface area contributed by atoms with Crippen LogP contribution in [0.2, 0.25) is 0 Å². The Morgan fingerprint density at radius 2 is 2.29 bits per heavy atom. The highest BCUT2D eigenvalue weighted by molar-refractivity contribution is 4.92. The number of aryl methyl sites for hydroxylation is 1. The quantitative estimate of drug-likeness (QED) is 0.650. The lowest BCUT2D eigenvalue weighted by Crippen LogP contribution is -2.06. The van der Waals surface area contributed by atoms with Gasteiger partial charge in [0.15, 0.2) is 0 Å². The molecule has 0 spiro atoms. The van der Waals surface area contributed by atoms with E-state index in [0.717, 1.165) is 19.3 Å². The van der Waals surface area contributed by atoms with Crippen LogP contribution in [-0.2, 0) is 11.2 Å². The van der Waals surface area contributed by atoms with E-state index in [9.17, 15) is 0 Å². The fourth-order valence-corrected chi connectivity index (χ4v) is 1.57. The zero-order valence-corrected chi connectivity index (χ0v) is 10.5. The Bertz CT molecular complexity index is 351. The molecule has 17 heavy (non-hydrogen) atoms. The minimum Gasteiger partial charge on any atom is -0.370 e. The van der Waals surface area contributed by atoms with Crippen LogP contribution in [0.25, 0.3) is 0 Å². The van der Waals surface area contributed by atoms with E-state index < -0.39 is 0 Å². The molecule has 1 rings (SSSR count). The summed E-state index contributed by atoms with van der Waals surface area (Å²) in [7, 11) is 0. The van der Waals surface area contributed by atoms with Crippen LogP contribution in [0.15, 0.2) is 4.52 Å². The minimum absolute atomic E-state index is 0.0709. The number of rotatable bonds is 8. The fourth-order valence-electron chi connectivity index (χ4n) is 1.57. The summed E-state index contributed by atoms with van der Waals surface area (Å²) in [6.45, 7) is 4.69. The van der Waals surface area contributed by atoms with Crippen molar-refractivity contribution in [2.75, 3.05) is 6.61 Å². The summed E-state index contributed by atoms with van der Waals surface area (Å²) < 4.78 is 10.7. The van der Waals surface area contributed by atoms with Crippen LogP contribution in [0.4, 0.5) is 0 Å². The van der Waals surface area contributed by atoms with Gasteiger partial charge in [0.05, 0.1) is 6.07 Å². The first-order valence-electron chi connectivity index (χ1n) is 6.12. The Hall–Kier alpha value is -1.41.